The van der Waals surface area contributed by atoms with Crippen molar-refractivity contribution in [1.82, 2.24) is 30.1 Å². The number of nitrogens with zero attached hydrogens (tertiary/aromatic N) is 5. The van der Waals surface area contributed by atoms with E-state index in [1.54, 1.807) is 0 Å². The highest BCUT2D eigenvalue weighted by Gasteiger charge is 2.18. The van der Waals surface area contributed by atoms with Crippen molar-refractivity contribution in [1.29, 1.82) is 0 Å². The Kier molecular flexibility index (Phi) is 5.38. The Morgan fingerprint density at radius 3 is 2.76 bits per heavy atom. The van der Waals surface area contributed by atoms with Crippen LogP contribution in [0.15, 0.2) is 41.1 Å². The van der Waals surface area contributed by atoms with Gasteiger partial charge in [0.1, 0.15) is 0 Å². The van der Waals surface area contributed by atoms with E-state index in [1.165, 1.54) is 12.0 Å². The summed E-state index contributed by atoms with van der Waals surface area (Å²) in [5, 5.41) is 12.2. The molecule has 152 valence electrons. The first-order valence-corrected chi connectivity index (χ1v) is 10.3. The number of piperidine rings is 1. The van der Waals surface area contributed by atoms with Crippen LogP contribution in [0, 0.1) is 0 Å². The van der Waals surface area contributed by atoms with Crippen LogP contribution < -0.4 is 5.32 Å². The molecule has 2 aliphatic rings. The van der Waals surface area contributed by atoms with Gasteiger partial charge in [0.2, 0.25) is 5.82 Å². The molecule has 4 heterocycles. The Balaban J connectivity index is 1.26. The van der Waals surface area contributed by atoms with E-state index in [4.69, 9.17) is 9.26 Å². The molecule has 2 aromatic heterocycles. The number of nitrogens with one attached hydrogen (secondary N) is 1. The minimum atomic E-state index is 0.388. The second-order valence-electron chi connectivity index (χ2n) is 7.69. The summed E-state index contributed by atoms with van der Waals surface area (Å²) in [7, 11) is 0. The summed E-state index contributed by atoms with van der Waals surface area (Å²) < 4.78 is 12.9. The Morgan fingerprint density at radius 2 is 1.97 bits per heavy atom. The average molecular weight is 394 g/mol. The Labute approximate surface area is 169 Å². The fraction of sp³-hybridized carbons (Fsp3) is 0.476. The van der Waals surface area contributed by atoms with E-state index in [9.17, 15) is 0 Å². The lowest BCUT2D eigenvalue weighted by atomic mass is 10.1. The third kappa shape index (κ3) is 4.24. The molecule has 2 aliphatic heterocycles. The van der Waals surface area contributed by atoms with Crippen LogP contribution in [0.1, 0.15) is 24.4 Å². The highest BCUT2D eigenvalue weighted by atomic mass is 16.5. The Bertz CT molecular complexity index is 923. The van der Waals surface area contributed by atoms with Crippen LogP contribution in [-0.4, -0.2) is 64.2 Å². The summed E-state index contributed by atoms with van der Waals surface area (Å²) in [6.07, 6.45) is 4.31. The minimum absolute atomic E-state index is 0.388. The van der Waals surface area contributed by atoms with Crippen molar-refractivity contribution >= 4 is 0 Å². The molecule has 8 heteroatoms. The van der Waals surface area contributed by atoms with E-state index in [-0.39, 0.29) is 0 Å². The third-order valence-electron chi connectivity index (χ3n) is 5.62. The number of hydrogen-bond donors (Lipinski definition) is 1. The van der Waals surface area contributed by atoms with Crippen LogP contribution >= 0.6 is 0 Å². The highest BCUT2D eigenvalue weighted by Crippen LogP contribution is 2.23. The van der Waals surface area contributed by atoms with E-state index in [0.717, 1.165) is 63.6 Å². The van der Waals surface area contributed by atoms with Gasteiger partial charge in [-0.05, 0) is 31.0 Å². The average Bonchev–Trinajstić information content (AvgIpc) is 3.46. The van der Waals surface area contributed by atoms with Gasteiger partial charge < -0.3 is 14.6 Å². The van der Waals surface area contributed by atoms with Gasteiger partial charge >= 0.3 is 0 Å². The summed E-state index contributed by atoms with van der Waals surface area (Å²) >= 11 is 0. The minimum Gasteiger partial charge on any atom is -0.379 e. The van der Waals surface area contributed by atoms with Crippen molar-refractivity contribution in [3.05, 3.63) is 42.1 Å². The largest absolute Gasteiger partial charge is 0.379 e. The molecule has 1 aromatic carbocycles. The van der Waals surface area contributed by atoms with Gasteiger partial charge in [-0.15, -0.1) is 0 Å². The molecule has 2 fully saturated rings. The van der Waals surface area contributed by atoms with Crippen LogP contribution in [0.3, 0.4) is 0 Å². The molecular weight excluding hydrogens is 368 g/mol. The topological polar surface area (TPSA) is 81.2 Å². The first kappa shape index (κ1) is 18.5. The zero-order chi connectivity index (χ0) is 19.5. The summed E-state index contributed by atoms with van der Waals surface area (Å²) in [5.41, 5.74) is 2.94. The van der Waals surface area contributed by atoms with Gasteiger partial charge in [0.15, 0.2) is 5.69 Å². The van der Waals surface area contributed by atoms with Crippen molar-refractivity contribution in [2.45, 2.75) is 25.4 Å². The van der Waals surface area contributed by atoms with Gasteiger partial charge in [0.05, 0.1) is 19.3 Å². The SMILES string of the molecule is c1cc(-c2noc(-c3ccn(C4CCCNC4)n3)n2)ccc1CN1CCOCC1. The quantitative estimate of drug-likeness (QED) is 0.711. The van der Waals surface area contributed by atoms with Crippen LogP contribution in [0.5, 0.6) is 0 Å². The molecule has 2 saturated heterocycles. The molecule has 0 spiro atoms. The highest BCUT2D eigenvalue weighted by molar-refractivity contribution is 5.58. The molecule has 1 N–H and O–H groups in total. The van der Waals surface area contributed by atoms with E-state index in [1.807, 2.05) is 16.9 Å². The van der Waals surface area contributed by atoms with Crippen molar-refractivity contribution in [3.8, 4) is 23.0 Å². The third-order valence-corrected chi connectivity index (χ3v) is 5.62. The molecule has 0 saturated carbocycles. The number of benzene rings is 1. The van der Waals surface area contributed by atoms with Gasteiger partial charge in [-0.25, -0.2) is 0 Å². The molecule has 3 aromatic rings. The van der Waals surface area contributed by atoms with Crippen LogP contribution in [-0.2, 0) is 11.3 Å². The lowest BCUT2D eigenvalue weighted by Crippen LogP contribution is -2.35. The van der Waals surface area contributed by atoms with Crippen LogP contribution in [0.4, 0.5) is 0 Å². The van der Waals surface area contributed by atoms with E-state index in [0.29, 0.717) is 17.8 Å². The number of rotatable bonds is 5. The van der Waals surface area contributed by atoms with Gasteiger partial charge in [-0.3, -0.25) is 9.58 Å². The predicted molar refractivity (Wildman–Crippen MR) is 108 cm³/mol. The number of ether oxygens (including phenoxy) is 1. The van der Waals surface area contributed by atoms with Crippen molar-refractivity contribution in [2.24, 2.45) is 0 Å². The fourth-order valence-electron chi connectivity index (χ4n) is 3.94. The monoisotopic (exact) mass is 394 g/mol. The van der Waals surface area contributed by atoms with Crippen molar-refractivity contribution in [2.75, 3.05) is 39.4 Å². The molecule has 5 rings (SSSR count). The second-order valence-corrected chi connectivity index (χ2v) is 7.69. The zero-order valence-electron chi connectivity index (χ0n) is 16.5. The van der Waals surface area contributed by atoms with Crippen molar-refractivity contribution < 1.29 is 9.26 Å². The zero-order valence-corrected chi connectivity index (χ0v) is 16.5. The Morgan fingerprint density at radius 1 is 1.10 bits per heavy atom. The molecule has 0 amide bonds. The summed E-state index contributed by atoms with van der Waals surface area (Å²) in [6, 6.07) is 10.7. The number of aromatic nitrogens is 4. The normalized spacial score (nSPS) is 20.8. The van der Waals surface area contributed by atoms with E-state index < -0.39 is 0 Å². The van der Waals surface area contributed by atoms with Gasteiger partial charge in [0.25, 0.3) is 5.89 Å². The Hall–Kier alpha value is -2.55. The maximum atomic E-state index is 5.48. The van der Waals surface area contributed by atoms with Gasteiger partial charge in [-0.1, -0.05) is 29.4 Å². The number of morpholine rings is 1. The first-order valence-electron chi connectivity index (χ1n) is 10.3. The maximum Gasteiger partial charge on any atom is 0.278 e. The molecule has 0 radical (unpaired) electrons. The maximum absolute atomic E-state index is 5.48. The molecular formula is C21H26N6O2. The summed E-state index contributed by atoms with van der Waals surface area (Å²) in [4.78, 5) is 6.96. The van der Waals surface area contributed by atoms with Crippen LogP contribution in [0.25, 0.3) is 23.0 Å². The molecule has 1 atom stereocenters. The lowest BCUT2D eigenvalue weighted by Gasteiger charge is -2.26. The number of hydrogen-bond acceptors (Lipinski definition) is 7. The lowest BCUT2D eigenvalue weighted by molar-refractivity contribution is 0.0342. The molecule has 1 unspecified atom stereocenters. The fourth-order valence-corrected chi connectivity index (χ4v) is 3.94. The van der Waals surface area contributed by atoms with Crippen LogP contribution in [0.2, 0.25) is 0 Å². The smallest absolute Gasteiger partial charge is 0.278 e. The van der Waals surface area contributed by atoms with Gasteiger partial charge in [0, 0.05) is 37.9 Å². The first-order chi connectivity index (χ1) is 14.3. The molecule has 0 aliphatic carbocycles. The predicted octanol–water partition coefficient (Wildman–Crippen LogP) is 2.36. The molecule has 8 nitrogen and oxygen atoms in total. The summed E-state index contributed by atoms with van der Waals surface area (Å²) in [5.74, 6) is 1.05. The standard InChI is InChI=1S/C21H26N6O2/c1-2-18(14-22-8-1)27-9-7-19(24-27)21-23-20(25-29-21)17-5-3-16(4-6-17)15-26-10-12-28-13-11-26/h3-7,9,18,22H,1-2,8,10-15H2. The van der Waals surface area contributed by atoms with E-state index >= 15 is 0 Å². The molecule has 0 bridgehead atoms. The van der Waals surface area contributed by atoms with Gasteiger partial charge in [-0.2, -0.15) is 10.1 Å². The van der Waals surface area contributed by atoms with E-state index in [2.05, 4.69) is 49.7 Å². The second kappa shape index (κ2) is 8.44. The van der Waals surface area contributed by atoms with Crippen molar-refractivity contribution in [3.63, 3.8) is 0 Å². The molecule has 29 heavy (non-hydrogen) atoms. The summed E-state index contributed by atoms with van der Waals surface area (Å²) in [6.45, 7) is 6.58.